The molecule has 1 heterocycles. The molecule has 2 aromatic rings. The molecule has 1 amide bonds. The second-order valence-corrected chi connectivity index (χ2v) is 9.74. The van der Waals surface area contributed by atoms with Gasteiger partial charge in [-0.15, -0.1) is 11.8 Å². The molecular formula is C24H33N2O2S+. The van der Waals surface area contributed by atoms with Crippen molar-refractivity contribution >= 4 is 17.7 Å². The summed E-state index contributed by atoms with van der Waals surface area (Å²) in [6, 6.07) is 17.1. The van der Waals surface area contributed by atoms with Gasteiger partial charge >= 0.3 is 0 Å². The first-order valence-electron chi connectivity index (χ1n) is 10.4. The lowest BCUT2D eigenvalue weighted by molar-refractivity contribution is -0.921. The maximum absolute atomic E-state index is 12.2. The molecule has 0 unspecified atom stereocenters. The van der Waals surface area contributed by atoms with Crippen LogP contribution in [0.2, 0.25) is 0 Å². The van der Waals surface area contributed by atoms with Crippen LogP contribution in [0.1, 0.15) is 37.5 Å². The molecule has 0 spiro atoms. The van der Waals surface area contributed by atoms with E-state index >= 15 is 0 Å². The van der Waals surface area contributed by atoms with Gasteiger partial charge in [-0.25, -0.2) is 0 Å². The molecule has 3 rings (SSSR count). The van der Waals surface area contributed by atoms with E-state index in [1.165, 1.54) is 11.1 Å². The van der Waals surface area contributed by atoms with Crippen LogP contribution in [-0.2, 0) is 28.0 Å². The second-order valence-electron chi connectivity index (χ2n) is 8.70. The van der Waals surface area contributed by atoms with Gasteiger partial charge in [0.25, 0.3) is 0 Å². The van der Waals surface area contributed by atoms with E-state index in [1.54, 1.807) is 16.7 Å². The SMILES string of the molecule is CC(C)(C)c1ccc(SCC(=O)NCc2ccc(C[NH+]3CCOCC3)cc2)cc1. The number of benzene rings is 2. The van der Waals surface area contributed by atoms with Crippen molar-refractivity contribution in [2.75, 3.05) is 32.1 Å². The van der Waals surface area contributed by atoms with Crippen molar-refractivity contribution in [3.8, 4) is 0 Å². The molecule has 1 saturated heterocycles. The van der Waals surface area contributed by atoms with Crippen LogP contribution in [0.5, 0.6) is 0 Å². The molecule has 0 radical (unpaired) electrons. The van der Waals surface area contributed by atoms with Crippen LogP contribution >= 0.6 is 11.8 Å². The Morgan fingerprint density at radius 2 is 1.62 bits per heavy atom. The molecule has 1 fully saturated rings. The maximum atomic E-state index is 12.2. The Kier molecular flexibility index (Phi) is 7.76. The molecule has 2 N–H and O–H groups in total. The third kappa shape index (κ3) is 7.18. The van der Waals surface area contributed by atoms with Gasteiger partial charge in [0, 0.05) is 17.0 Å². The van der Waals surface area contributed by atoms with Crippen LogP contribution in [-0.4, -0.2) is 38.0 Å². The zero-order valence-corrected chi connectivity index (χ0v) is 18.6. The Balaban J connectivity index is 1.39. The molecule has 4 nitrogen and oxygen atoms in total. The van der Waals surface area contributed by atoms with Gasteiger partial charge in [0.05, 0.1) is 19.0 Å². The van der Waals surface area contributed by atoms with Crippen LogP contribution in [0.4, 0.5) is 0 Å². The number of thioether (sulfide) groups is 1. The number of quaternary nitrogens is 1. The number of morpholine rings is 1. The minimum atomic E-state index is 0.0664. The van der Waals surface area contributed by atoms with Gasteiger partial charge in [-0.3, -0.25) is 4.79 Å². The lowest BCUT2D eigenvalue weighted by Gasteiger charge is -2.23. The van der Waals surface area contributed by atoms with Gasteiger partial charge in [-0.2, -0.15) is 0 Å². The summed E-state index contributed by atoms with van der Waals surface area (Å²) in [5, 5.41) is 3.02. The average Bonchev–Trinajstić information content (AvgIpc) is 2.72. The largest absolute Gasteiger partial charge is 0.370 e. The van der Waals surface area contributed by atoms with Gasteiger partial charge in [-0.05, 0) is 28.7 Å². The van der Waals surface area contributed by atoms with Crippen LogP contribution in [0.15, 0.2) is 53.4 Å². The van der Waals surface area contributed by atoms with Crippen molar-refractivity contribution in [3.05, 3.63) is 65.2 Å². The molecular weight excluding hydrogens is 380 g/mol. The minimum absolute atomic E-state index is 0.0664. The Bertz CT molecular complexity index is 776. The molecule has 1 aliphatic rings. The summed E-state index contributed by atoms with van der Waals surface area (Å²) in [7, 11) is 0. The number of nitrogens with one attached hydrogen (secondary N) is 2. The lowest BCUT2D eigenvalue weighted by atomic mass is 9.87. The van der Waals surface area contributed by atoms with Crippen molar-refractivity contribution < 1.29 is 14.4 Å². The summed E-state index contributed by atoms with van der Waals surface area (Å²) in [6.45, 7) is 12.1. The highest BCUT2D eigenvalue weighted by atomic mass is 32.2. The average molecular weight is 414 g/mol. The highest BCUT2D eigenvalue weighted by Gasteiger charge is 2.14. The fourth-order valence-electron chi connectivity index (χ4n) is 3.35. The molecule has 2 aromatic carbocycles. The predicted octanol–water partition coefficient (Wildman–Crippen LogP) is 2.81. The summed E-state index contributed by atoms with van der Waals surface area (Å²) in [5.74, 6) is 0.504. The molecule has 0 saturated carbocycles. The van der Waals surface area contributed by atoms with Crippen molar-refractivity contribution in [1.29, 1.82) is 0 Å². The topological polar surface area (TPSA) is 42.8 Å². The third-order valence-corrected chi connectivity index (χ3v) is 6.27. The van der Waals surface area contributed by atoms with Crippen molar-refractivity contribution in [3.63, 3.8) is 0 Å². The number of hydrogen-bond donors (Lipinski definition) is 2. The summed E-state index contributed by atoms with van der Waals surface area (Å²) < 4.78 is 5.41. The van der Waals surface area contributed by atoms with Gasteiger partial charge in [0.2, 0.25) is 5.91 Å². The second kappa shape index (κ2) is 10.3. The summed E-state index contributed by atoms with van der Waals surface area (Å²) in [5.41, 5.74) is 3.94. The number of hydrogen-bond acceptors (Lipinski definition) is 3. The number of carbonyl (C=O) groups is 1. The van der Waals surface area contributed by atoms with Crippen LogP contribution in [0.3, 0.4) is 0 Å². The Hall–Kier alpha value is -1.82. The Morgan fingerprint density at radius 3 is 2.24 bits per heavy atom. The van der Waals surface area contributed by atoms with Gasteiger partial charge < -0.3 is 15.0 Å². The molecule has 1 aliphatic heterocycles. The van der Waals surface area contributed by atoms with E-state index in [4.69, 9.17) is 4.74 Å². The summed E-state index contributed by atoms with van der Waals surface area (Å²) >= 11 is 1.58. The summed E-state index contributed by atoms with van der Waals surface area (Å²) in [6.07, 6.45) is 0. The highest BCUT2D eigenvalue weighted by molar-refractivity contribution is 8.00. The monoisotopic (exact) mass is 413 g/mol. The van der Waals surface area contributed by atoms with Crippen molar-refractivity contribution in [1.82, 2.24) is 5.32 Å². The molecule has 156 valence electrons. The van der Waals surface area contributed by atoms with Crippen LogP contribution < -0.4 is 10.2 Å². The first-order valence-corrected chi connectivity index (χ1v) is 11.4. The molecule has 0 aromatic heterocycles. The number of amides is 1. The normalized spacial score (nSPS) is 15.3. The van der Waals surface area contributed by atoms with E-state index in [-0.39, 0.29) is 11.3 Å². The number of carbonyl (C=O) groups excluding carboxylic acids is 1. The fraction of sp³-hybridized carbons (Fsp3) is 0.458. The highest BCUT2D eigenvalue weighted by Crippen LogP contribution is 2.25. The van der Waals surface area contributed by atoms with Crippen molar-refractivity contribution in [2.24, 2.45) is 0 Å². The Morgan fingerprint density at radius 1 is 1.00 bits per heavy atom. The zero-order chi connectivity index (χ0) is 20.7. The smallest absolute Gasteiger partial charge is 0.230 e. The third-order valence-electron chi connectivity index (χ3n) is 5.26. The van der Waals surface area contributed by atoms with Crippen LogP contribution in [0, 0.1) is 0 Å². The zero-order valence-electron chi connectivity index (χ0n) is 17.8. The number of rotatable bonds is 7. The van der Waals surface area contributed by atoms with E-state index in [1.807, 2.05) is 0 Å². The molecule has 29 heavy (non-hydrogen) atoms. The molecule has 5 heteroatoms. The molecule has 0 aliphatic carbocycles. The minimum Gasteiger partial charge on any atom is -0.370 e. The molecule has 0 atom stereocenters. The standard InChI is InChI=1S/C24H32N2O2S/c1-24(2,3)21-8-10-22(11-9-21)29-18-23(27)25-16-19-4-6-20(7-5-19)17-26-12-14-28-15-13-26/h4-11H,12-18H2,1-3H3,(H,25,27)/p+1. The van der Waals surface area contributed by atoms with E-state index in [2.05, 4.69) is 74.6 Å². The van der Waals surface area contributed by atoms with Crippen molar-refractivity contribution in [2.45, 2.75) is 44.2 Å². The fourth-order valence-corrected chi connectivity index (χ4v) is 4.08. The van der Waals surface area contributed by atoms with E-state index in [0.29, 0.717) is 12.3 Å². The Labute approximate surface area is 179 Å². The quantitative estimate of drug-likeness (QED) is 0.686. The first-order chi connectivity index (χ1) is 13.9. The van der Waals surface area contributed by atoms with Crippen LogP contribution in [0.25, 0.3) is 0 Å². The number of ether oxygens (including phenoxy) is 1. The summed E-state index contributed by atoms with van der Waals surface area (Å²) in [4.78, 5) is 14.9. The van der Waals surface area contributed by atoms with E-state index in [9.17, 15) is 4.79 Å². The van der Waals surface area contributed by atoms with Gasteiger partial charge in [0.1, 0.15) is 19.6 Å². The predicted molar refractivity (Wildman–Crippen MR) is 119 cm³/mol. The van der Waals surface area contributed by atoms with E-state index in [0.717, 1.165) is 43.3 Å². The van der Waals surface area contributed by atoms with E-state index < -0.39 is 0 Å². The van der Waals surface area contributed by atoms with Gasteiger partial charge in [0.15, 0.2) is 0 Å². The van der Waals surface area contributed by atoms with Gasteiger partial charge in [-0.1, -0.05) is 57.2 Å². The molecule has 0 bridgehead atoms. The lowest BCUT2D eigenvalue weighted by Crippen LogP contribution is -3.12. The maximum Gasteiger partial charge on any atom is 0.230 e. The first kappa shape index (κ1) is 21.9.